The smallest absolute Gasteiger partial charge is 0.435 e. The fourth-order valence-electron chi connectivity index (χ4n) is 1.67. The molecule has 0 aliphatic rings. The molecule has 5 nitrogen and oxygen atoms in total. The first kappa shape index (κ1) is 14.3. The lowest BCUT2D eigenvalue weighted by Crippen LogP contribution is -2.43. The molecular weight excluding hydrogens is 253 g/mol. The van der Waals surface area contributed by atoms with Crippen LogP contribution in [-0.4, -0.2) is 16.2 Å². The van der Waals surface area contributed by atoms with Gasteiger partial charge in [0.25, 0.3) is 5.56 Å². The maximum absolute atomic E-state index is 12.8. The lowest BCUT2D eigenvalue weighted by molar-refractivity contribution is -0.145. The number of methoxy groups -OCH3 is 1. The van der Waals surface area contributed by atoms with Gasteiger partial charge in [-0.25, -0.2) is 4.79 Å². The fraction of sp³-hybridized carbons (Fsp3) is 0.600. The highest BCUT2D eigenvalue weighted by molar-refractivity contribution is 5.28. The second-order valence-electron chi connectivity index (χ2n) is 3.99. The van der Waals surface area contributed by atoms with E-state index in [4.69, 9.17) is 0 Å². The molecule has 8 heteroatoms. The maximum atomic E-state index is 12.8. The molecular formula is C10H13F3N2O3. The Balaban J connectivity index is 3.90. The highest BCUT2D eigenvalue weighted by atomic mass is 19.4. The van der Waals surface area contributed by atoms with Crippen LogP contribution in [0.15, 0.2) is 9.59 Å². The summed E-state index contributed by atoms with van der Waals surface area (Å²) in [6, 6.07) is -0.563. The molecule has 0 radical (unpaired) electrons. The lowest BCUT2D eigenvalue weighted by Gasteiger charge is -2.18. The van der Waals surface area contributed by atoms with Gasteiger partial charge in [-0.3, -0.25) is 13.9 Å². The highest BCUT2D eigenvalue weighted by Crippen LogP contribution is 2.32. The van der Waals surface area contributed by atoms with Crippen molar-refractivity contribution in [2.24, 2.45) is 7.05 Å². The van der Waals surface area contributed by atoms with Gasteiger partial charge in [0.1, 0.15) is 0 Å². The van der Waals surface area contributed by atoms with E-state index in [0.717, 1.165) is 14.2 Å². The molecule has 0 aliphatic heterocycles. The third-order valence-electron chi connectivity index (χ3n) is 2.45. The number of alkyl halides is 3. The summed E-state index contributed by atoms with van der Waals surface area (Å²) in [5, 5.41) is 0. The molecule has 1 rings (SSSR count). The Kier molecular flexibility index (Phi) is 3.59. The van der Waals surface area contributed by atoms with Crippen molar-refractivity contribution in [3.05, 3.63) is 26.5 Å². The van der Waals surface area contributed by atoms with Crippen molar-refractivity contribution in [2.45, 2.75) is 26.1 Å². The third-order valence-corrected chi connectivity index (χ3v) is 2.45. The molecule has 102 valence electrons. The molecule has 0 N–H and O–H groups in total. The lowest BCUT2D eigenvalue weighted by atomic mass is 10.3. The summed E-state index contributed by atoms with van der Waals surface area (Å²) in [6.07, 6.45) is -4.84. The Labute approximate surface area is 100 Å². The van der Waals surface area contributed by atoms with E-state index < -0.39 is 34.9 Å². The topological polar surface area (TPSA) is 53.2 Å². The van der Waals surface area contributed by atoms with Gasteiger partial charge in [0.15, 0.2) is 5.69 Å². The van der Waals surface area contributed by atoms with Gasteiger partial charge in [-0.15, -0.1) is 0 Å². The van der Waals surface area contributed by atoms with E-state index in [1.807, 2.05) is 0 Å². The monoisotopic (exact) mass is 266 g/mol. The van der Waals surface area contributed by atoms with Crippen LogP contribution < -0.4 is 16.0 Å². The van der Waals surface area contributed by atoms with Gasteiger partial charge in [-0.2, -0.15) is 13.2 Å². The quantitative estimate of drug-likeness (QED) is 0.807. The van der Waals surface area contributed by atoms with Crippen LogP contribution in [0.4, 0.5) is 13.2 Å². The minimum atomic E-state index is -4.84. The van der Waals surface area contributed by atoms with E-state index in [1.165, 1.54) is 13.8 Å². The van der Waals surface area contributed by atoms with Gasteiger partial charge < -0.3 is 4.74 Å². The van der Waals surface area contributed by atoms with E-state index in [0.29, 0.717) is 9.13 Å². The molecule has 0 unspecified atom stereocenters. The van der Waals surface area contributed by atoms with E-state index in [2.05, 4.69) is 4.74 Å². The molecule has 0 saturated heterocycles. The van der Waals surface area contributed by atoms with Gasteiger partial charge in [0.05, 0.1) is 7.11 Å². The molecule has 0 aliphatic carbocycles. The minimum absolute atomic E-state index is 0.375. The van der Waals surface area contributed by atoms with Crippen molar-refractivity contribution in [3.8, 4) is 5.75 Å². The number of hydrogen-bond donors (Lipinski definition) is 0. The van der Waals surface area contributed by atoms with Crippen molar-refractivity contribution >= 4 is 0 Å². The zero-order chi connectivity index (χ0) is 14.2. The number of halogens is 3. The number of aromatic nitrogens is 2. The summed E-state index contributed by atoms with van der Waals surface area (Å²) in [5.41, 5.74) is -3.48. The summed E-state index contributed by atoms with van der Waals surface area (Å²) < 4.78 is 44.0. The van der Waals surface area contributed by atoms with Crippen molar-refractivity contribution in [2.75, 3.05) is 7.11 Å². The summed E-state index contributed by atoms with van der Waals surface area (Å²) in [5.74, 6) is -0.877. The second kappa shape index (κ2) is 4.51. The average Bonchev–Trinajstić information content (AvgIpc) is 2.20. The minimum Gasteiger partial charge on any atom is -0.490 e. The van der Waals surface area contributed by atoms with Crippen LogP contribution in [0.3, 0.4) is 0 Å². The van der Waals surface area contributed by atoms with Crippen LogP contribution in [0.1, 0.15) is 25.6 Å². The Bertz CT molecular complexity index is 569. The van der Waals surface area contributed by atoms with Crippen molar-refractivity contribution in [3.63, 3.8) is 0 Å². The highest BCUT2D eigenvalue weighted by Gasteiger charge is 2.40. The van der Waals surface area contributed by atoms with Gasteiger partial charge >= 0.3 is 11.9 Å². The van der Waals surface area contributed by atoms with E-state index >= 15 is 0 Å². The molecule has 0 aromatic carbocycles. The first-order valence-electron chi connectivity index (χ1n) is 5.09. The number of ether oxygens (including phenoxy) is 1. The molecule has 1 heterocycles. The maximum Gasteiger partial charge on any atom is 0.435 e. The summed E-state index contributed by atoms with van der Waals surface area (Å²) in [6.45, 7) is 3.05. The van der Waals surface area contributed by atoms with E-state index in [-0.39, 0.29) is 0 Å². The zero-order valence-corrected chi connectivity index (χ0v) is 10.3. The molecule has 1 aromatic heterocycles. The van der Waals surface area contributed by atoms with E-state index in [1.54, 1.807) is 0 Å². The van der Waals surface area contributed by atoms with Crippen LogP contribution in [0.5, 0.6) is 5.75 Å². The number of hydrogen-bond acceptors (Lipinski definition) is 3. The molecule has 0 fully saturated rings. The summed E-state index contributed by atoms with van der Waals surface area (Å²) >= 11 is 0. The molecule has 0 bridgehead atoms. The van der Waals surface area contributed by atoms with Crippen molar-refractivity contribution in [1.29, 1.82) is 0 Å². The normalized spacial score (nSPS) is 12.0. The van der Waals surface area contributed by atoms with Gasteiger partial charge in [0.2, 0.25) is 5.75 Å². The van der Waals surface area contributed by atoms with Gasteiger partial charge in [-0.05, 0) is 13.8 Å². The molecule has 1 aromatic rings. The summed E-state index contributed by atoms with van der Waals surface area (Å²) in [4.78, 5) is 23.5. The average molecular weight is 266 g/mol. The Morgan fingerprint density at radius 1 is 1.22 bits per heavy atom. The molecule has 0 saturated carbocycles. The zero-order valence-electron chi connectivity index (χ0n) is 10.3. The predicted octanol–water partition coefficient (Wildman–Crippen LogP) is 1.16. The molecule has 18 heavy (non-hydrogen) atoms. The van der Waals surface area contributed by atoms with Crippen LogP contribution in [0.2, 0.25) is 0 Å². The molecule has 0 amide bonds. The number of rotatable bonds is 2. The molecule has 0 spiro atoms. The number of nitrogens with zero attached hydrogens (tertiary/aromatic N) is 2. The SMILES string of the molecule is COc1c(C(F)(F)F)n(C)c(=O)n(C(C)C)c1=O. The van der Waals surface area contributed by atoms with Crippen molar-refractivity contribution < 1.29 is 17.9 Å². The summed E-state index contributed by atoms with van der Waals surface area (Å²) in [7, 11) is 1.91. The molecule has 0 atom stereocenters. The standard InChI is InChI=1S/C10H13F3N2O3/c1-5(2)15-8(16)6(18-4)7(10(11,12)13)14(3)9(15)17/h5H,1-4H3. The van der Waals surface area contributed by atoms with Crippen LogP contribution >= 0.6 is 0 Å². The van der Waals surface area contributed by atoms with Crippen molar-refractivity contribution in [1.82, 2.24) is 9.13 Å². The van der Waals surface area contributed by atoms with E-state index in [9.17, 15) is 22.8 Å². The Morgan fingerprint density at radius 3 is 2.06 bits per heavy atom. The Hall–Kier alpha value is -1.73. The second-order valence-corrected chi connectivity index (χ2v) is 3.99. The predicted molar refractivity (Wildman–Crippen MR) is 57.9 cm³/mol. The third kappa shape index (κ3) is 2.14. The first-order valence-corrected chi connectivity index (χ1v) is 5.09. The van der Waals surface area contributed by atoms with Crippen LogP contribution in [0.25, 0.3) is 0 Å². The Morgan fingerprint density at radius 2 is 1.72 bits per heavy atom. The van der Waals surface area contributed by atoms with Gasteiger partial charge in [0, 0.05) is 13.1 Å². The van der Waals surface area contributed by atoms with Crippen LogP contribution in [0, 0.1) is 0 Å². The largest absolute Gasteiger partial charge is 0.490 e. The first-order chi connectivity index (χ1) is 8.12. The van der Waals surface area contributed by atoms with Gasteiger partial charge in [-0.1, -0.05) is 0 Å². The fourth-order valence-corrected chi connectivity index (χ4v) is 1.67. The van der Waals surface area contributed by atoms with Crippen LogP contribution in [-0.2, 0) is 13.2 Å².